The second kappa shape index (κ2) is 7.00. The largest absolute Gasteiger partial charge is 0.484 e. The minimum Gasteiger partial charge on any atom is -0.484 e. The third kappa shape index (κ3) is 4.08. The van der Waals surface area contributed by atoms with Crippen molar-refractivity contribution in [2.24, 2.45) is 0 Å². The molecule has 134 valence electrons. The van der Waals surface area contributed by atoms with Crippen LogP contribution in [0.2, 0.25) is 0 Å². The van der Waals surface area contributed by atoms with Gasteiger partial charge in [0.25, 0.3) is 5.89 Å². The lowest BCUT2D eigenvalue weighted by atomic mass is 9.87. The van der Waals surface area contributed by atoms with Crippen molar-refractivity contribution in [3.05, 3.63) is 65.5 Å². The fraction of sp³-hybridized carbons (Fsp3) is 0.250. The Morgan fingerprint density at radius 1 is 1.15 bits per heavy atom. The summed E-state index contributed by atoms with van der Waals surface area (Å²) in [7, 11) is 0. The maximum atomic E-state index is 11.0. The lowest BCUT2D eigenvalue weighted by Gasteiger charge is -2.18. The highest BCUT2D eigenvalue weighted by atomic mass is 16.5. The number of aromatic nitrogens is 2. The lowest BCUT2D eigenvalue weighted by Crippen LogP contribution is -2.10. The standard InChI is InChI=1S/C20H20N2O4/c1-20(2,3)15-9-7-13(8-10-15)18-21-17(26-22-18)12-25-16-6-4-5-14(11-16)19(23)24/h4-11H,12H2,1-3H3,(H,23,24). The highest BCUT2D eigenvalue weighted by Gasteiger charge is 2.15. The molecule has 0 aliphatic heterocycles. The van der Waals surface area contributed by atoms with Gasteiger partial charge in [-0.05, 0) is 29.2 Å². The van der Waals surface area contributed by atoms with E-state index in [9.17, 15) is 4.79 Å². The molecule has 0 bridgehead atoms. The minimum absolute atomic E-state index is 0.0656. The third-order valence-electron chi connectivity index (χ3n) is 3.92. The summed E-state index contributed by atoms with van der Waals surface area (Å²) in [5, 5.41) is 13.0. The summed E-state index contributed by atoms with van der Waals surface area (Å²) in [5.74, 6) is 0.234. The van der Waals surface area contributed by atoms with E-state index in [1.165, 1.54) is 17.7 Å². The van der Waals surface area contributed by atoms with Gasteiger partial charge in [-0.3, -0.25) is 0 Å². The molecule has 0 radical (unpaired) electrons. The van der Waals surface area contributed by atoms with Gasteiger partial charge in [0, 0.05) is 5.56 Å². The zero-order valence-electron chi connectivity index (χ0n) is 14.9. The Labute approximate surface area is 151 Å². The normalized spacial score (nSPS) is 11.3. The monoisotopic (exact) mass is 352 g/mol. The summed E-state index contributed by atoms with van der Waals surface area (Å²) in [6.45, 7) is 6.54. The maximum Gasteiger partial charge on any atom is 0.335 e. The molecule has 0 spiro atoms. The highest BCUT2D eigenvalue weighted by Crippen LogP contribution is 2.25. The van der Waals surface area contributed by atoms with Gasteiger partial charge in [-0.1, -0.05) is 56.3 Å². The molecule has 0 fully saturated rings. The summed E-state index contributed by atoms with van der Waals surface area (Å²) in [5.41, 5.74) is 2.33. The molecule has 6 heteroatoms. The Kier molecular flexibility index (Phi) is 4.75. The number of aromatic carboxylic acids is 1. The molecule has 1 aromatic heterocycles. The van der Waals surface area contributed by atoms with E-state index >= 15 is 0 Å². The molecular formula is C20H20N2O4. The second-order valence-electron chi connectivity index (χ2n) is 6.96. The molecule has 1 heterocycles. The van der Waals surface area contributed by atoms with Crippen LogP contribution in [0.3, 0.4) is 0 Å². The number of carboxylic acid groups (broad SMARTS) is 1. The summed E-state index contributed by atoms with van der Waals surface area (Å²) in [6, 6.07) is 14.3. The number of ether oxygens (including phenoxy) is 1. The topological polar surface area (TPSA) is 85.5 Å². The first-order valence-corrected chi connectivity index (χ1v) is 8.22. The molecule has 26 heavy (non-hydrogen) atoms. The quantitative estimate of drug-likeness (QED) is 0.736. The molecule has 2 aromatic carbocycles. The highest BCUT2D eigenvalue weighted by molar-refractivity contribution is 5.88. The van der Waals surface area contributed by atoms with Crippen molar-refractivity contribution in [1.29, 1.82) is 0 Å². The predicted molar refractivity (Wildman–Crippen MR) is 96.2 cm³/mol. The van der Waals surface area contributed by atoms with E-state index in [0.717, 1.165) is 5.56 Å². The van der Waals surface area contributed by atoms with Crippen molar-refractivity contribution in [1.82, 2.24) is 10.1 Å². The van der Waals surface area contributed by atoms with E-state index < -0.39 is 5.97 Å². The minimum atomic E-state index is -1.01. The van der Waals surface area contributed by atoms with E-state index in [-0.39, 0.29) is 17.6 Å². The number of carboxylic acids is 1. The smallest absolute Gasteiger partial charge is 0.335 e. The summed E-state index contributed by atoms with van der Waals surface area (Å²) < 4.78 is 10.7. The van der Waals surface area contributed by atoms with E-state index in [1.807, 2.05) is 12.1 Å². The number of nitrogens with zero attached hydrogens (tertiary/aromatic N) is 2. The van der Waals surface area contributed by atoms with Crippen LogP contribution >= 0.6 is 0 Å². The summed E-state index contributed by atoms with van der Waals surface area (Å²) in [4.78, 5) is 15.3. The molecule has 3 rings (SSSR count). The molecule has 0 saturated carbocycles. The summed E-state index contributed by atoms with van der Waals surface area (Å²) in [6.07, 6.45) is 0. The number of carbonyl (C=O) groups is 1. The fourth-order valence-electron chi connectivity index (χ4n) is 2.41. The van der Waals surface area contributed by atoms with Gasteiger partial charge in [0.1, 0.15) is 5.75 Å². The predicted octanol–water partition coefficient (Wildman–Crippen LogP) is 4.31. The van der Waals surface area contributed by atoms with E-state index in [4.69, 9.17) is 14.4 Å². The van der Waals surface area contributed by atoms with Crippen LogP contribution in [0.4, 0.5) is 0 Å². The van der Waals surface area contributed by atoms with E-state index in [2.05, 4.69) is 43.0 Å². The van der Waals surface area contributed by atoms with Crippen molar-refractivity contribution in [3.63, 3.8) is 0 Å². The average molecular weight is 352 g/mol. The van der Waals surface area contributed by atoms with Crippen molar-refractivity contribution in [2.75, 3.05) is 0 Å². The van der Waals surface area contributed by atoms with Gasteiger partial charge in [-0.25, -0.2) is 4.79 Å². The lowest BCUT2D eigenvalue weighted by molar-refractivity contribution is 0.0696. The molecule has 0 saturated heterocycles. The Hall–Kier alpha value is -3.15. The van der Waals surface area contributed by atoms with Gasteiger partial charge < -0.3 is 14.4 Å². The molecule has 0 amide bonds. The number of benzene rings is 2. The van der Waals surface area contributed by atoms with E-state index in [0.29, 0.717) is 17.5 Å². The molecule has 3 aromatic rings. The van der Waals surface area contributed by atoms with Crippen LogP contribution in [-0.2, 0) is 12.0 Å². The Bertz CT molecular complexity index is 908. The fourth-order valence-corrected chi connectivity index (χ4v) is 2.41. The summed E-state index contributed by atoms with van der Waals surface area (Å²) >= 11 is 0. The SMILES string of the molecule is CC(C)(C)c1ccc(-c2noc(COc3cccc(C(=O)O)c3)n2)cc1. The molecular weight excluding hydrogens is 332 g/mol. The van der Waals surface area contributed by atoms with Gasteiger partial charge in [0.2, 0.25) is 5.82 Å². The molecule has 1 N–H and O–H groups in total. The van der Waals surface area contributed by atoms with Crippen molar-refractivity contribution in [2.45, 2.75) is 32.8 Å². The molecule has 6 nitrogen and oxygen atoms in total. The molecule has 0 aliphatic carbocycles. The zero-order valence-corrected chi connectivity index (χ0v) is 14.9. The van der Waals surface area contributed by atoms with Crippen molar-refractivity contribution < 1.29 is 19.2 Å². The first kappa shape index (κ1) is 17.7. The van der Waals surface area contributed by atoms with Gasteiger partial charge in [0.05, 0.1) is 5.56 Å². The van der Waals surface area contributed by atoms with Crippen LogP contribution in [0.1, 0.15) is 42.6 Å². The van der Waals surface area contributed by atoms with Gasteiger partial charge in [-0.15, -0.1) is 0 Å². The Morgan fingerprint density at radius 2 is 1.88 bits per heavy atom. The van der Waals surface area contributed by atoms with Gasteiger partial charge >= 0.3 is 5.97 Å². The van der Waals surface area contributed by atoms with E-state index in [1.54, 1.807) is 12.1 Å². The Balaban J connectivity index is 1.68. The number of rotatable bonds is 5. The molecule has 0 atom stereocenters. The van der Waals surface area contributed by atoms with Crippen LogP contribution in [0.5, 0.6) is 5.75 Å². The first-order valence-electron chi connectivity index (χ1n) is 8.22. The van der Waals surface area contributed by atoms with Crippen LogP contribution < -0.4 is 4.74 Å². The maximum absolute atomic E-state index is 11.0. The first-order chi connectivity index (χ1) is 12.3. The molecule has 0 unspecified atom stereocenters. The van der Waals surface area contributed by atoms with Crippen molar-refractivity contribution >= 4 is 5.97 Å². The average Bonchev–Trinajstić information content (AvgIpc) is 3.08. The van der Waals surface area contributed by atoms with Crippen LogP contribution in [0.25, 0.3) is 11.4 Å². The third-order valence-corrected chi connectivity index (χ3v) is 3.92. The van der Waals surface area contributed by atoms with Crippen LogP contribution in [-0.4, -0.2) is 21.2 Å². The van der Waals surface area contributed by atoms with Gasteiger partial charge in [0.15, 0.2) is 6.61 Å². The van der Waals surface area contributed by atoms with Gasteiger partial charge in [-0.2, -0.15) is 4.98 Å². The zero-order chi connectivity index (χ0) is 18.7. The number of hydrogen-bond donors (Lipinski definition) is 1. The second-order valence-corrected chi connectivity index (χ2v) is 6.96. The number of hydrogen-bond acceptors (Lipinski definition) is 5. The van der Waals surface area contributed by atoms with Crippen LogP contribution in [0.15, 0.2) is 53.1 Å². The van der Waals surface area contributed by atoms with Crippen LogP contribution in [0, 0.1) is 0 Å². The molecule has 0 aliphatic rings. The Morgan fingerprint density at radius 3 is 2.54 bits per heavy atom. The van der Waals surface area contributed by atoms with Crippen molar-refractivity contribution in [3.8, 4) is 17.1 Å².